The SMILES string of the molecule is Cc1ccnc2c1n1ccnc1n2-c1ccc(O)cc1. The van der Waals surface area contributed by atoms with Crippen LogP contribution in [0.15, 0.2) is 48.9 Å². The van der Waals surface area contributed by atoms with Gasteiger partial charge in [-0.1, -0.05) is 0 Å². The van der Waals surface area contributed by atoms with Crippen LogP contribution in [0.4, 0.5) is 0 Å². The smallest absolute Gasteiger partial charge is 0.220 e. The Kier molecular flexibility index (Phi) is 2.12. The van der Waals surface area contributed by atoms with Crippen LogP contribution in [0.1, 0.15) is 5.56 Å². The third-order valence-electron chi connectivity index (χ3n) is 3.49. The summed E-state index contributed by atoms with van der Waals surface area (Å²) in [5.74, 6) is 1.06. The number of hydrogen-bond acceptors (Lipinski definition) is 3. The maximum atomic E-state index is 9.44. The molecule has 0 aliphatic carbocycles. The van der Waals surface area contributed by atoms with Crippen LogP contribution in [0.5, 0.6) is 5.75 Å². The molecule has 98 valence electrons. The van der Waals surface area contributed by atoms with E-state index in [1.807, 2.05) is 33.4 Å². The zero-order valence-corrected chi connectivity index (χ0v) is 10.9. The fourth-order valence-corrected chi connectivity index (χ4v) is 2.57. The first-order valence-corrected chi connectivity index (χ1v) is 6.34. The maximum Gasteiger partial charge on any atom is 0.220 e. The fourth-order valence-electron chi connectivity index (χ4n) is 2.57. The predicted octanol–water partition coefficient (Wildman–Crippen LogP) is 2.69. The maximum absolute atomic E-state index is 9.44. The molecule has 0 amide bonds. The number of nitrogens with zero attached hydrogens (tertiary/aromatic N) is 4. The van der Waals surface area contributed by atoms with Crippen molar-refractivity contribution in [3.8, 4) is 11.4 Å². The second-order valence-corrected chi connectivity index (χ2v) is 4.75. The van der Waals surface area contributed by atoms with Crippen molar-refractivity contribution in [3.05, 3.63) is 54.5 Å². The molecular formula is C15H12N4O. The number of phenols is 1. The summed E-state index contributed by atoms with van der Waals surface area (Å²) in [6, 6.07) is 9.02. The van der Waals surface area contributed by atoms with Crippen LogP contribution in [-0.4, -0.2) is 24.0 Å². The molecule has 0 aliphatic heterocycles. The van der Waals surface area contributed by atoms with Crippen LogP contribution in [0, 0.1) is 6.92 Å². The molecule has 0 saturated carbocycles. The number of fused-ring (bicyclic) bond motifs is 3. The average Bonchev–Trinajstić information content (AvgIpc) is 3.00. The number of imidazole rings is 2. The Labute approximate surface area is 114 Å². The molecule has 0 unspecified atom stereocenters. The summed E-state index contributed by atoms with van der Waals surface area (Å²) in [4.78, 5) is 8.91. The van der Waals surface area contributed by atoms with Gasteiger partial charge in [-0.2, -0.15) is 0 Å². The topological polar surface area (TPSA) is 55.4 Å². The average molecular weight is 264 g/mol. The minimum absolute atomic E-state index is 0.244. The molecule has 0 spiro atoms. The van der Waals surface area contributed by atoms with E-state index in [9.17, 15) is 5.11 Å². The summed E-state index contributed by atoms with van der Waals surface area (Å²) >= 11 is 0. The minimum atomic E-state index is 0.244. The van der Waals surface area contributed by atoms with Gasteiger partial charge >= 0.3 is 0 Å². The number of benzene rings is 1. The van der Waals surface area contributed by atoms with Crippen molar-refractivity contribution in [3.63, 3.8) is 0 Å². The molecule has 20 heavy (non-hydrogen) atoms. The van der Waals surface area contributed by atoms with E-state index in [0.29, 0.717) is 0 Å². The van der Waals surface area contributed by atoms with E-state index in [2.05, 4.69) is 16.9 Å². The third kappa shape index (κ3) is 1.37. The van der Waals surface area contributed by atoms with Crippen LogP contribution in [0.25, 0.3) is 22.6 Å². The molecule has 1 aromatic carbocycles. The second kappa shape index (κ2) is 3.84. The molecular weight excluding hydrogens is 252 g/mol. The number of aryl methyl sites for hydroxylation is 1. The van der Waals surface area contributed by atoms with E-state index >= 15 is 0 Å². The molecule has 1 N–H and O–H groups in total. The zero-order valence-electron chi connectivity index (χ0n) is 10.9. The first kappa shape index (κ1) is 11.0. The van der Waals surface area contributed by atoms with E-state index < -0.39 is 0 Å². The first-order chi connectivity index (χ1) is 9.75. The Morgan fingerprint density at radius 3 is 2.60 bits per heavy atom. The van der Waals surface area contributed by atoms with Gasteiger partial charge in [0.25, 0.3) is 0 Å². The van der Waals surface area contributed by atoms with Crippen molar-refractivity contribution in [1.82, 2.24) is 18.9 Å². The van der Waals surface area contributed by atoms with Gasteiger partial charge in [0.1, 0.15) is 5.75 Å². The Balaban J connectivity index is 2.18. The molecule has 5 nitrogen and oxygen atoms in total. The molecule has 0 fully saturated rings. The number of phenolic OH excluding ortho intramolecular Hbond substituents is 1. The molecule has 5 heteroatoms. The van der Waals surface area contributed by atoms with E-state index in [0.717, 1.165) is 28.2 Å². The molecule has 0 aliphatic rings. The zero-order chi connectivity index (χ0) is 13.7. The lowest BCUT2D eigenvalue weighted by molar-refractivity contribution is 0.475. The lowest BCUT2D eigenvalue weighted by Crippen LogP contribution is -1.96. The van der Waals surface area contributed by atoms with Gasteiger partial charge in [0.2, 0.25) is 5.78 Å². The number of aromatic nitrogens is 4. The summed E-state index contributed by atoms with van der Waals surface area (Å²) in [6.07, 6.45) is 5.51. The van der Waals surface area contributed by atoms with Gasteiger partial charge < -0.3 is 5.11 Å². The summed E-state index contributed by atoms with van der Waals surface area (Å²) in [6.45, 7) is 2.06. The molecule has 4 aromatic rings. The van der Waals surface area contributed by atoms with Crippen molar-refractivity contribution >= 4 is 16.9 Å². The van der Waals surface area contributed by atoms with Crippen molar-refractivity contribution in [2.75, 3.05) is 0 Å². The monoisotopic (exact) mass is 264 g/mol. The number of aromatic hydroxyl groups is 1. The molecule has 0 atom stereocenters. The normalized spacial score (nSPS) is 11.4. The van der Waals surface area contributed by atoms with E-state index in [1.54, 1.807) is 24.5 Å². The fraction of sp³-hybridized carbons (Fsp3) is 0.0667. The Bertz CT molecular complexity index is 918. The molecule has 4 rings (SSSR count). The first-order valence-electron chi connectivity index (χ1n) is 6.34. The highest BCUT2D eigenvalue weighted by Gasteiger charge is 2.15. The van der Waals surface area contributed by atoms with Crippen LogP contribution >= 0.6 is 0 Å². The van der Waals surface area contributed by atoms with Crippen molar-refractivity contribution in [2.24, 2.45) is 0 Å². The summed E-state index contributed by atoms with van der Waals surface area (Å²) in [7, 11) is 0. The van der Waals surface area contributed by atoms with Gasteiger partial charge in [-0.3, -0.25) is 8.97 Å². The highest BCUT2D eigenvalue weighted by molar-refractivity contribution is 5.82. The van der Waals surface area contributed by atoms with E-state index in [-0.39, 0.29) is 5.75 Å². The van der Waals surface area contributed by atoms with E-state index in [1.165, 1.54) is 0 Å². The van der Waals surface area contributed by atoms with Crippen molar-refractivity contribution in [2.45, 2.75) is 6.92 Å². The molecule has 0 radical (unpaired) electrons. The Hall–Kier alpha value is -2.82. The van der Waals surface area contributed by atoms with Gasteiger partial charge in [-0.05, 0) is 42.8 Å². The van der Waals surface area contributed by atoms with Crippen molar-refractivity contribution in [1.29, 1.82) is 0 Å². The van der Waals surface area contributed by atoms with Gasteiger partial charge in [0.15, 0.2) is 5.65 Å². The highest BCUT2D eigenvalue weighted by Crippen LogP contribution is 2.25. The van der Waals surface area contributed by atoms with E-state index in [4.69, 9.17) is 0 Å². The van der Waals surface area contributed by atoms with Crippen molar-refractivity contribution < 1.29 is 5.11 Å². The van der Waals surface area contributed by atoms with Crippen LogP contribution in [-0.2, 0) is 0 Å². The van der Waals surface area contributed by atoms with Crippen LogP contribution in [0.2, 0.25) is 0 Å². The molecule has 0 bridgehead atoms. The number of pyridine rings is 1. The second-order valence-electron chi connectivity index (χ2n) is 4.75. The van der Waals surface area contributed by atoms with Gasteiger partial charge in [-0.15, -0.1) is 0 Å². The summed E-state index contributed by atoms with van der Waals surface area (Å²) in [5, 5.41) is 9.44. The van der Waals surface area contributed by atoms with Gasteiger partial charge in [0.05, 0.1) is 11.2 Å². The summed E-state index contributed by atoms with van der Waals surface area (Å²) in [5.41, 5.74) is 3.98. The van der Waals surface area contributed by atoms with Crippen LogP contribution < -0.4 is 0 Å². The lowest BCUT2D eigenvalue weighted by atomic mass is 10.2. The molecule has 3 heterocycles. The predicted molar refractivity (Wildman–Crippen MR) is 76.2 cm³/mol. The summed E-state index contributed by atoms with van der Waals surface area (Å²) < 4.78 is 4.02. The third-order valence-corrected chi connectivity index (χ3v) is 3.49. The number of hydrogen-bond donors (Lipinski definition) is 1. The number of rotatable bonds is 1. The highest BCUT2D eigenvalue weighted by atomic mass is 16.3. The van der Waals surface area contributed by atoms with Gasteiger partial charge in [0, 0.05) is 18.6 Å². The Morgan fingerprint density at radius 1 is 1.00 bits per heavy atom. The molecule has 3 aromatic heterocycles. The largest absolute Gasteiger partial charge is 0.508 e. The van der Waals surface area contributed by atoms with Gasteiger partial charge in [-0.25, -0.2) is 9.97 Å². The molecule has 0 saturated heterocycles. The lowest BCUT2D eigenvalue weighted by Gasteiger charge is -2.04. The standard InChI is InChI=1S/C15H12N4O/c1-10-6-7-16-14-13(10)18-9-8-17-15(18)19(14)11-2-4-12(20)5-3-11/h2-9,20H,1H3. The quantitative estimate of drug-likeness (QED) is 0.575. The Morgan fingerprint density at radius 2 is 1.80 bits per heavy atom. The van der Waals surface area contributed by atoms with Crippen LogP contribution in [0.3, 0.4) is 0 Å². The minimum Gasteiger partial charge on any atom is -0.508 e.